The maximum atomic E-state index is 12.7. The van der Waals surface area contributed by atoms with E-state index >= 15 is 0 Å². The van der Waals surface area contributed by atoms with E-state index in [1.807, 2.05) is 22.4 Å². The molecular formula is C23H31N3O2S. The fourth-order valence-electron chi connectivity index (χ4n) is 3.84. The fraction of sp³-hybridized carbons (Fsp3) is 0.478. The third-order valence-corrected chi connectivity index (χ3v) is 6.35. The van der Waals surface area contributed by atoms with Crippen LogP contribution in [0.4, 0.5) is 5.69 Å². The predicted octanol–water partition coefficient (Wildman–Crippen LogP) is 3.59. The summed E-state index contributed by atoms with van der Waals surface area (Å²) in [5.74, 6) is 0.210. The highest BCUT2D eigenvalue weighted by Gasteiger charge is 2.21. The van der Waals surface area contributed by atoms with Crippen LogP contribution in [-0.4, -0.2) is 54.3 Å². The summed E-state index contributed by atoms with van der Waals surface area (Å²) in [6.07, 6.45) is 3.17. The van der Waals surface area contributed by atoms with E-state index in [-0.39, 0.29) is 11.8 Å². The van der Waals surface area contributed by atoms with Crippen LogP contribution in [0.25, 0.3) is 0 Å². The molecule has 1 saturated heterocycles. The van der Waals surface area contributed by atoms with E-state index < -0.39 is 0 Å². The molecule has 1 aliphatic heterocycles. The van der Waals surface area contributed by atoms with Crippen molar-refractivity contribution in [1.29, 1.82) is 0 Å². The van der Waals surface area contributed by atoms with Gasteiger partial charge in [-0.3, -0.25) is 14.5 Å². The summed E-state index contributed by atoms with van der Waals surface area (Å²) in [7, 11) is 0. The van der Waals surface area contributed by atoms with E-state index in [0.29, 0.717) is 19.5 Å². The number of benzene rings is 1. The van der Waals surface area contributed by atoms with Crippen LogP contribution in [0.5, 0.6) is 0 Å². The highest BCUT2D eigenvalue weighted by atomic mass is 32.1. The Morgan fingerprint density at radius 1 is 1.00 bits per heavy atom. The summed E-state index contributed by atoms with van der Waals surface area (Å²) in [6, 6.07) is 10.2. The second-order valence-corrected chi connectivity index (χ2v) is 8.51. The van der Waals surface area contributed by atoms with Gasteiger partial charge in [-0.2, -0.15) is 0 Å². The average molecular weight is 414 g/mol. The lowest BCUT2D eigenvalue weighted by molar-refractivity contribution is -0.130. The van der Waals surface area contributed by atoms with E-state index in [1.165, 1.54) is 11.1 Å². The molecule has 5 nitrogen and oxygen atoms in total. The Hall–Kier alpha value is -2.18. The number of aryl methyl sites for hydroxylation is 2. The standard InChI is InChI=1S/C23H31N3O2S/c1-3-18-8-5-9-19(4-2)23(18)24-21(27)17-25-11-7-12-26(14-13-25)22(28)16-20-10-6-15-29-20/h5-6,8-10,15H,3-4,7,11-14,16-17H2,1-2H3,(H,24,27). The van der Waals surface area contributed by atoms with Crippen molar-refractivity contribution in [3.05, 3.63) is 51.7 Å². The smallest absolute Gasteiger partial charge is 0.238 e. The Bertz CT molecular complexity index is 797. The molecule has 0 aliphatic carbocycles. The number of rotatable bonds is 7. The second kappa shape index (κ2) is 10.6. The van der Waals surface area contributed by atoms with Crippen LogP contribution in [0.2, 0.25) is 0 Å². The van der Waals surface area contributed by atoms with Gasteiger partial charge in [0, 0.05) is 36.7 Å². The van der Waals surface area contributed by atoms with Crippen LogP contribution >= 0.6 is 11.3 Å². The van der Waals surface area contributed by atoms with Crippen molar-refractivity contribution in [2.24, 2.45) is 0 Å². The van der Waals surface area contributed by atoms with E-state index in [1.54, 1.807) is 11.3 Å². The number of carbonyl (C=O) groups excluding carboxylic acids is 2. The third-order valence-electron chi connectivity index (χ3n) is 5.48. The number of nitrogens with zero attached hydrogens (tertiary/aromatic N) is 2. The number of hydrogen-bond acceptors (Lipinski definition) is 4. The maximum absolute atomic E-state index is 12.7. The quantitative estimate of drug-likeness (QED) is 0.755. The molecule has 1 N–H and O–H groups in total. The van der Waals surface area contributed by atoms with Crippen LogP contribution in [0.1, 0.15) is 36.3 Å². The van der Waals surface area contributed by atoms with Gasteiger partial charge in [-0.05, 0) is 41.8 Å². The molecule has 2 aromatic rings. The van der Waals surface area contributed by atoms with Crippen LogP contribution in [-0.2, 0) is 28.9 Å². The van der Waals surface area contributed by atoms with Crippen molar-refractivity contribution in [2.75, 3.05) is 38.0 Å². The topological polar surface area (TPSA) is 52.7 Å². The Morgan fingerprint density at radius 3 is 2.41 bits per heavy atom. The Kier molecular flexibility index (Phi) is 7.83. The first-order valence-electron chi connectivity index (χ1n) is 10.5. The molecule has 156 valence electrons. The number of carbonyl (C=O) groups is 2. The van der Waals surface area contributed by atoms with Gasteiger partial charge < -0.3 is 10.2 Å². The molecule has 0 unspecified atom stereocenters. The molecule has 29 heavy (non-hydrogen) atoms. The molecule has 0 bridgehead atoms. The zero-order chi connectivity index (χ0) is 20.6. The molecule has 0 spiro atoms. The van der Waals surface area contributed by atoms with Crippen molar-refractivity contribution >= 4 is 28.8 Å². The van der Waals surface area contributed by atoms with Crippen LogP contribution in [0, 0.1) is 0 Å². The maximum Gasteiger partial charge on any atom is 0.238 e. The van der Waals surface area contributed by atoms with Crippen molar-refractivity contribution < 1.29 is 9.59 Å². The fourth-order valence-corrected chi connectivity index (χ4v) is 4.53. The molecule has 0 saturated carbocycles. The van der Waals surface area contributed by atoms with Gasteiger partial charge in [-0.1, -0.05) is 38.1 Å². The Labute approximate surface area is 177 Å². The Balaban J connectivity index is 1.54. The SMILES string of the molecule is CCc1cccc(CC)c1NC(=O)CN1CCCN(C(=O)Cc2cccs2)CC1. The van der Waals surface area contributed by atoms with E-state index in [9.17, 15) is 9.59 Å². The minimum atomic E-state index is 0.0268. The molecule has 2 amide bonds. The van der Waals surface area contributed by atoms with Gasteiger partial charge in [0.05, 0.1) is 13.0 Å². The molecule has 3 rings (SSSR count). The number of thiophene rings is 1. The lowest BCUT2D eigenvalue weighted by Crippen LogP contribution is -2.38. The molecular weight excluding hydrogens is 382 g/mol. The molecule has 1 aromatic heterocycles. The lowest BCUT2D eigenvalue weighted by Gasteiger charge is -2.22. The first kappa shape index (κ1) is 21.5. The van der Waals surface area contributed by atoms with Gasteiger partial charge in [-0.25, -0.2) is 0 Å². The summed E-state index contributed by atoms with van der Waals surface area (Å²) in [4.78, 5) is 30.5. The first-order valence-corrected chi connectivity index (χ1v) is 11.4. The third kappa shape index (κ3) is 5.90. The van der Waals surface area contributed by atoms with Crippen molar-refractivity contribution in [3.8, 4) is 0 Å². The summed E-state index contributed by atoms with van der Waals surface area (Å²) in [5, 5.41) is 5.16. The Morgan fingerprint density at radius 2 is 1.76 bits per heavy atom. The molecule has 0 atom stereocenters. The van der Waals surface area contributed by atoms with Crippen molar-refractivity contribution in [3.63, 3.8) is 0 Å². The normalized spacial score (nSPS) is 15.2. The molecule has 0 radical (unpaired) electrons. The predicted molar refractivity (Wildman–Crippen MR) is 119 cm³/mol. The largest absolute Gasteiger partial charge is 0.341 e. The zero-order valence-corrected chi connectivity index (χ0v) is 18.3. The van der Waals surface area contributed by atoms with Crippen LogP contribution in [0.3, 0.4) is 0 Å². The number of hydrogen-bond donors (Lipinski definition) is 1. The molecule has 1 aromatic carbocycles. The molecule has 1 aliphatic rings. The lowest BCUT2D eigenvalue weighted by atomic mass is 10.0. The minimum Gasteiger partial charge on any atom is -0.341 e. The van der Waals surface area contributed by atoms with Gasteiger partial charge in [0.25, 0.3) is 0 Å². The summed E-state index contributed by atoms with van der Waals surface area (Å²) in [5.41, 5.74) is 3.34. The highest BCUT2D eigenvalue weighted by Crippen LogP contribution is 2.22. The molecule has 1 fully saturated rings. The number of anilines is 1. The van der Waals surface area contributed by atoms with Gasteiger partial charge in [0.2, 0.25) is 11.8 Å². The summed E-state index contributed by atoms with van der Waals surface area (Å²) < 4.78 is 0. The highest BCUT2D eigenvalue weighted by molar-refractivity contribution is 7.10. The van der Waals surface area contributed by atoms with Crippen molar-refractivity contribution in [1.82, 2.24) is 9.80 Å². The van der Waals surface area contributed by atoms with Gasteiger partial charge in [0.1, 0.15) is 0 Å². The van der Waals surface area contributed by atoms with E-state index in [0.717, 1.165) is 49.5 Å². The second-order valence-electron chi connectivity index (χ2n) is 7.47. The average Bonchev–Trinajstić information content (AvgIpc) is 3.12. The number of amides is 2. The van der Waals surface area contributed by atoms with Crippen LogP contribution in [0.15, 0.2) is 35.7 Å². The number of para-hydroxylation sites is 1. The van der Waals surface area contributed by atoms with Crippen LogP contribution < -0.4 is 5.32 Å². The van der Waals surface area contributed by atoms with Crippen molar-refractivity contribution in [2.45, 2.75) is 39.5 Å². The van der Waals surface area contributed by atoms with Gasteiger partial charge in [0.15, 0.2) is 0 Å². The first-order chi connectivity index (χ1) is 14.1. The zero-order valence-electron chi connectivity index (χ0n) is 17.4. The van der Waals surface area contributed by atoms with E-state index in [4.69, 9.17) is 0 Å². The summed E-state index contributed by atoms with van der Waals surface area (Å²) in [6.45, 7) is 7.62. The monoisotopic (exact) mass is 413 g/mol. The van der Waals surface area contributed by atoms with Gasteiger partial charge >= 0.3 is 0 Å². The molecule has 2 heterocycles. The number of nitrogens with one attached hydrogen (secondary N) is 1. The minimum absolute atomic E-state index is 0.0268. The van der Waals surface area contributed by atoms with Gasteiger partial charge in [-0.15, -0.1) is 11.3 Å². The molecule has 6 heteroatoms. The van der Waals surface area contributed by atoms with E-state index in [2.05, 4.69) is 42.3 Å². The summed E-state index contributed by atoms with van der Waals surface area (Å²) >= 11 is 1.63.